The maximum absolute atomic E-state index is 12.6. The molecule has 0 bridgehead atoms. The van der Waals surface area contributed by atoms with Crippen molar-refractivity contribution in [2.45, 2.75) is 386 Å². The van der Waals surface area contributed by atoms with Gasteiger partial charge in [-0.3, -0.25) is 4.79 Å². The fraction of sp³-hybridized carbons (Fsp3) is 0.847. The van der Waals surface area contributed by atoms with Gasteiger partial charge in [0.1, 0.15) is 0 Å². The van der Waals surface area contributed by atoms with Gasteiger partial charge in [-0.05, 0) is 57.8 Å². The molecule has 3 N–H and O–H groups in total. The van der Waals surface area contributed by atoms with Crippen molar-refractivity contribution in [3.8, 4) is 0 Å². The van der Waals surface area contributed by atoms with E-state index < -0.39 is 12.1 Å². The molecule has 0 aromatic rings. The summed E-state index contributed by atoms with van der Waals surface area (Å²) >= 11 is 0. The SMILES string of the molecule is CC/C=C\C/C=C\C/C=C\C/C=C\C/C=C\CCCCCCCCCCCCCCCCCCCCCCCCCCCC(=O)NC(CO)C(O)CCCCCCCCCCCCCCCCCCCCCCCCC. The van der Waals surface area contributed by atoms with Crippen molar-refractivity contribution >= 4 is 5.91 Å². The second-order valence-electron chi connectivity index (χ2n) is 23.6. The normalized spacial score (nSPS) is 13.1. The van der Waals surface area contributed by atoms with Gasteiger partial charge in [-0.15, -0.1) is 0 Å². The fourth-order valence-electron chi connectivity index (χ4n) is 10.9. The number of aliphatic hydroxyl groups is 2. The second kappa shape index (κ2) is 67.4. The molecule has 0 heterocycles. The lowest BCUT2D eigenvalue weighted by Crippen LogP contribution is -2.45. The molecule has 1 amide bonds. The average Bonchev–Trinajstić information content (AvgIpc) is 3.42. The number of carbonyl (C=O) groups excluding carboxylic acids is 1. The maximum atomic E-state index is 12.6. The first-order valence-corrected chi connectivity index (χ1v) is 34.5. The van der Waals surface area contributed by atoms with Gasteiger partial charge >= 0.3 is 0 Å². The van der Waals surface area contributed by atoms with E-state index in [-0.39, 0.29) is 12.5 Å². The number of rotatable bonds is 64. The molecule has 76 heavy (non-hydrogen) atoms. The molecule has 0 aliphatic heterocycles. The minimum Gasteiger partial charge on any atom is -0.394 e. The number of allylic oxidation sites excluding steroid dienone is 10. The van der Waals surface area contributed by atoms with Gasteiger partial charge in [0.2, 0.25) is 5.91 Å². The molecule has 0 rings (SSSR count). The van der Waals surface area contributed by atoms with E-state index in [9.17, 15) is 15.0 Å². The predicted octanol–water partition coefficient (Wildman–Crippen LogP) is 23.5. The van der Waals surface area contributed by atoms with Crippen LogP contribution in [0.1, 0.15) is 373 Å². The Kier molecular flexibility index (Phi) is 65.7. The monoisotopic (exact) mass is 1060 g/mol. The van der Waals surface area contributed by atoms with Gasteiger partial charge < -0.3 is 15.5 Å². The third kappa shape index (κ3) is 62.9. The minimum atomic E-state index is -0.660. The summed E-state index contributed by atoms with van der Waals surface area (Å²) < 4.78 is 0. The third-order valence-electron chi connectivity index (χ3n) is 16.0. The van der Waals surface area contributed by atoms with Crippen molar-refractivity contribution in [2.75, 3.05) is 6.61 Å². The molecule has 0 spiro atoms. The molecule has 0 radical (unpaired) electrons. The molecule has 0 aliphatic rings. The largest absolute Gasteiger partial charge is 0.394 e. The van der Waals surface area contributed by atoms with Gasteiger partial charge in [0.25, 0.3) is 0 Å². The highest BCUT2D eigenvalue weighted by Gasteiger charge is 2.20. The topological polar surface area (TPSA) is 69.6 Å². The summed E-state index contributed by atoms with van der Waals surface area (Å²) in [6.07, 6.45) is 95.6. The van der Waals surface area contributed by atoms with Crippen molar-refractivity contribution in [3.63, 3.8) is 0 Å². The zero-order valence-electron chi connectivity index (χ0n) is 51.5. The van der Waals surface area contributed by atoms with Crippen LogP contribution >= 0.6 is 0 Å². The number of nitrogens with one attached hydrogen (secondary N) is 1. The van der Waals surface area contributed by atoms with Crippen LogP contribution in [-0.4, -0.2) is 34.9 Å². The van der Waals surface area contributed by atoms with E-state index >= 15 is 0 Å². The van der Waals surface area contributed by atoms with Crippen LogP contribution < -0.4 is 5.32 Å². The molecule has 0 saturated heterocycles. The predicted molar refractivity (Wildman–Crippen MR) is 341 cm³/mol. The lowest BCUT2D eigenvalue weighted by atomic mass is 10.0. The number of hydrogen-bond acceptors (Lipinski definition) is 3. The first kappa shape index (κ1) is 74.1. The van der Waals surface area contributed by atoms with Crippen LogP contribution in [0.4, 0.5) is 0 Å². The van der Waals surface area contributed by atoms with Crippen LogP contribution in [0.15, 0.2) is 60.8 Å². The lowest BCUT2D eigenvalue weighted by Gasteiger charge is -2.22. The zero-order valence-corrected chi connectivity index (χ0v) is 51.5. The van der Waals surface area contributed by atoms with Crippen LogP contribution in [0.2, 0.25) is 0 Å². The number of amides is 1. The van der Waals surface area contributed by atoms with Gasteiger partial charge in [-0.1, -0.05) is 370 Å². The Morgan fingerprint density at radius 3 is 0.868 bits per heavy atom. The quantitative estimate of drug-likeness (QED) is 0.0420. The Morgan fingerprint density at radius 1 is 0.329 bits per heavy atom. The molecule has 446 valence electrons. The van der Waals surface area contributed by atoms with E-state index in [0.29, 0.717) is 12.8 Å². The highest BCUT2D eigenvalue weighted by molar-refractivity contribution is 5.76. The molecule has 0 fully saturated rings. The Hall–Kier alpha value is -1.91. The molecular weight excluding hydrogens is 927 g/mol. The van der Waals surface area contributed by atoms with E-state index in [1.165, 1.54) is 289 Å². The molecular formula is C72H135NO3. The van der Waals surface area contributed by atoms with Gasteiger partial charge in [0.15, 0.2) is 0 Å². The van der Waals surface area contributed by atoms with Crippen LogP contribution in [0.5, 0.6) is 0 Å². The first-order valence-electron chi connectivity index (χ1n) is 34.5. The average molecular weight is 1060 g/mol. The zero-order chi connectivity index (χ0) is 54.8. The summed E-state index contributed by atoms with van der Waals surface area (Å²) in [7, 11) is 0. The van der Waals surface area contributed by atoms with Gasteiger partial charge in [-0.25, -0.2) is 0 Å². The smallest absolute Gasteiger partial charge is 0.220 e. The van der Waals surface area contributed by atoms with Crippen molar-refractivity contribution in [3.05, 3.63) is 60.8 Å². The van der Waals surface area contributed by atoms with E-state index in [2.05, 4.69) is 79.9 Å². The van der Waals surface area contributed by atoms with Gasteiger partial charge in [-0.2, -0.15) is 0 Å². The Morgan fingerprint density at radius 2 is 0.579 bits per heavy atom. The standard InChI is InChI=1S/C72H135NO3/c1-3-5-7-9-11-13-15-17-19-21-23-25-27-28-29-30-31-32-33-34-35-36-37-38-39-40-41-42-43-44-46-48-50-52-54-56-58-60-62-64-66-68-72(76)73-70(69-74)71(75)67-65-63-61-59-57-55-53-51-49-47-45-26-24-22-20-18-16-14-12-10-8-6-4-2/h5,7,11,13,17,19,23,25,28-29,70-71,74-75H,3-4,6,8-10,12,14-16,18,20-22,24,26-27,30-69H2,1-2H3,(H,73,76)/b7-5-,13-11-,19-17-,25-23-,29-28-. The maximum Gasteiger partial charge on any atom is 0.220 e. The molecule has 0 aliphatic carbocycles. The second-order valence-corrected chi connectivity index (χ2v) is 23.6. The number of hydrogen-bond donors (Lipinski definition) is 3. The van der Waals surface area contributed by atoms with Crippen molar-refractivity contribution < 1.29 is 15.0 Å². The van der Waals surface area contributed by atoms with Gasteiger partial charge in [0.05, 0.1) is 18.8 Å². The van der Waals surface area contributed by atoms with Crippen LogP contribution in [0, 0.1) is 0 Å². The van der Waals surface area contributed by atoms with Crippen molar-refractivity contribution in [1.29, 1.82) is 0 Å². The Labute approximate surface area is 477 Å². The van der Waals surface area contributed by atoms with Crippen molar-refractivity contribution in [1.82, 2.24) is 5.32 Å². The molecule has 4 heteroatoms. The third-order valence-corrected chi connectivity index (χ3v) is 16.0. The summed E-state index contributed by atoms with van der Waals surface area (Å²) in [4.78, 5) is 12.6. The number of unbranched alkanes of at least 4 members (excludes halogenated alkanes) is 47. The summed E-state index contributed by atoms with van der Waals surface area (Å²) in [5.74, 6) is -0.0234. The Balaban J connectivity index is 3.38. The molecule has 2 atom stereocenters. The number of carbonyl (C=O) groups is 1. The molecule has 4 nitrogen and oxygen atoms in total. The van der Waals surface area contributed by atoms with Crippen LogP contribution in [0.3, 0.4) is 0 Å². The van der Waals surface area contributed by atoms with E-state index in [0.717, 1.165) is 57.8 Å². The minimum absolute atomic E-state index is 0.0234. The van der Waals surface area contributed by atoms with Crippen molar-refractivity contribution in [2.24, 2.45) is 0 Å². The van der Waals surface area contributed by atoms with E-state index in [1.807, 2.05) is 0 Å². The summed E-state index contributed by atoms with van der Waals surface area (Å²) in [5, 5.41) is 23.4. The summed E-state index contributed by atoms with van der Waals surface area (Å²) in [6, 6.07) is -0.536. The molecule has 0 aromatic carbocycles. The molecule has 2 unspecified atom stereocenters. The van der Waals surface area contributed by atoms with E-state index in [1.54, 1.807) is 0 Å². The summed E-state index contributed by atoms with van der Waals surface area (Å²) in [6.45, 7) is 4.28. The molecule has 0 aromatic heterocycles. The lowest BCUT2D eigenvalue weighted by molar-refractivity contribution is -0.123. The molecule has 0 saturated carbocycles. The summed E-state index contributed by atoms with van der Waals surface area (Å²) in [5.41, 5.74) is 0. The first-order chi connectivity index (χ1) is 37.7. The highest BCUT2D eigenvalue weighted by Crippen LogP contribution is 2.19. The number of aliphatic hydroxyl groups excluding tert-OH is 2. The highest BCUT2D eigenvalue weighted by atomic mass is 16.3. The Bertz CT molecular complexity index is 1250. The van der Waals surface area contributed by atoms with Gasteiger partial charge in [0, 0.05) is 6.42 Å². The van der Waals surface area contributed by atoms with Crippen LogP contribution in [-0.2, 0) is 4.79 Å². The fourth-order valence-corrected chi connectivity index (χ4v) is 10.9. The van der Waals surface area contributed by atoms with Crippen LogP contribution in [0.25, 0.3) is 0 Å². The van der Waals surface area contributed by atoms with E-state index in [4.69, 9.17) is 0 Å².